The second kappa shape index (κ2) is 10.6. The van der Waals surface area contributed by atoms with Gasteiger partial charge in [0.2, 0.25) is 0 Å². The Morgan fingerprint density at radius 2 is 1.50 bits per heavy atom. The lowest BCUT2D eigenvalue weighted by atomic mass is 10.1. The summed E-state index contributed by atoms with van der Waals surface area (Å²) in [7, 11) is 0. The van der Waals surface area contributed by atoms with E-state index < -0.39 is 5.97 Å². The molecule has 5 nitrogen and oxygen atoms in total. The lowest BCUT2D eigenvalue weighted by Gasteiger charge is -2.15. The Kier molecular flexibility index (Phi) is 7.38. The smallest absolute Gasteiger partial charge is 0.307 e. The Morgan fingerprint density at radius 1 is 0.824 bits per heavy atom. The van der Waals surface area contributed by atoms with E-state index in [1.165, 1.54) is 16.0 Å². The zero-order chi connectivity index (χ0) is 24.1. The Balaban J connectivity index is 1.66. The summed E-state index contributed by atoms with van der Waals surface area (Å²) in [4.78, 5) is 23.0. The maximum Gasteiger partial charge on any atom is 0.307 e. The first-order valence-corrected chi connectivity index (χ1v) is 12.5. The number of carboxylic acids is 1. The van der Waals surface area contributed by atoms with Gasteiger partial charge in [-0.3, -0.25) is 4.79 Å². The fourth-order valence-corrected chi connectivity index (χ4v) is 4.89. The lowest BCUT2D eigenvalue weighted by molar-refractivity contribution is -0.136. The largest absolute Gasteiger partial charge is 0.481 e. The molecule has 0 aliphatic heterocycles. The molecule has 4 aromatic rings. The minimum atomic E-state index is -0.835. The SMILES string of the molecule is CCc1ccc(-c2ccc(-c3nc(CC)c(CC)c(Nc4ccc(CC(=O)O)cc4)n3)s2)cc1. The van der Waals surface area contributed by atoms with Gasteiger partial charge in [0.15, 0.2) is 5.82 Å². The summed E-state index contributed by atoms with van der Waals surface area (Å²) in [6.07, 6.45) is 2.69. The van der Waals surface area contributed by atoms with Crippen LogP contribution >= 0.6 is 11.3 Å². The Morgan fingerprint density at radius 3 is 2.12 bits per heavy atom. The van der Waals surface area contributed by atoms with Gasteiger partial charge in [0.25, 0.3) is 0 Å². The fraction of sp³-hybridized carbons (Fsp3) is 0.250. The van der Waals surface area contributed by atoms with Crippen LogP contribution in [0.5, 0.6) is 0 Å². The van der Waals surface area contributed by atoms with Crippen molar-refractivity contribution in [2.24, 2.45) is 0 Å². The number of carbonyl (C=O) groups is 1. The van der Waals surface area contributed by atoms with Crippen molar-refractivity contribution in [2.75, 3.05) is 5.32 Å². The van der Waals surface area contributed by atoms with Crippen LogP contribution in [0.15, 0.2) is 60.7 Å². The minimum absolute atomic E-state index is 0.0139. The molecule has 6 heteroatoms. The van der Waals surface area contributed by atoms with Gasteiger partial charge in [0, 0.05) is 21.8 Å². The number of carboxylic acid groups (broad SMARTS) is 1. The van der Waals surface area contributed by atoms with E-state index in [2.05, 4.69) is 62.5 Å². The molecule has 2 N–H and O–H groups in total. The van der Waals surface area contributed by atoms with Crippen LogP contribution in [0.3, 0.4) is 0 Å². The van der Waals surface area contributed by atoms with Gasteiger partial charge >= 0.3 is 5.97 Å². The number of aliphatic carboxylic acids is 1. The molecule has 0 aliphatic rings. The number of anilines is 2. The number of nitrogens with one attached hydrogen (secondary N) is 1. The van der Waals surface area contributed by atoms with Crippen LogP contribution in [-0.4, -0.2) is 21.0 Å². The highest BCUT2D eigenvalue weighted by Gasteiger charge is 2.15. The van der Waals surface area contributed by atoms with Crippen LogP contribution in [-0.2, 0) is 30.5 Å². The number of aryl methyl sites for hydroxylation is 2. The summed E-state index contributed by atoms with van der Waals surface area (Å²) in [6.45, 7) is 6.39. The van der Waals surface area contributed by atoms with Crippen LogP contribution in [0.4, 0.5) is 11.5 Å². The number of thiophene rings is 1. The van der Waals surface area contributed by atoms with Crippen LogP contribution in [0, 0.1) is 0 Å². The van der Waals surface area contributed by atoms with Crippen molar-refractivity contribution in [1.29, 1.82) is 0 Å². The van der Waals surface area contributed by atoms with Crippen LogP contribution < -0.4 is 5.32 Å². The van der Waals surface area contributed by atoms with E-state index in [0.717, 1.165) is 58.3 Å². The monoisotopic (exact) mass is 471 g/mol. The molecule has 2 heterocycles. The minimum Gasteiger partial charge on any atom is -0.481 e. The molecule has 174 valence electrons. The van der Waals surface area contributed by atoms with Crippen LogP contribution in [0.1, 0.15) is 43.2 Å². The van der Waals surface area contributed by atoms with Crippen molar-refractivity contribution in [3.8, 4) is 21.1 Å². The molecule has 0 atom stereocenters. The Hall–Kier alpha value is -3.51. The number of hydrogen-bond donors (Lipinski definition) is 2. The number of hydrogen-bond acceptors (Lipinski definition) is 5. The molecule has 34 heavy (non-hydrogen) atoms. The second-order valence-corrected chi connectivity index (χ2v) is 9.22. The molecule has 0 unspecified atom stereocenters. The molecule has 0 amide bonds. The average molecular weight is 472 g/mol. The number of benzene rings is 2. The first-order valence-electron chi connectivity index (χ1n) is 11.7. The molecule has 2 aromatic carbocycles. The van der Waals surface area contributed by atoms with Crippen molar-refractivity contribution >= 4 is 28.8 Å². The van der Waals surface area contributed by atoms with Gasteiger partial charge in [0.1, 0.15) is 5.82 Å². The quantitative estimate of drug-likeness (QED) is 0.277. The molecule has 4 rings (SSSR count). The van der Waals surface area contributed by atoms with Gasteiger partial charge in [-0.2, -0.15) is 0 Å². The fourth-order valence-electron chi connectivity index (χ4n) is 3.94. The van der Waals surface area contributed by atoms with Gasteiger partial charge in [-0.05, 0) is 60.2 Å². The van der Waals surface area contributed by atoms with Crippen molar-refractivity contribution in [2.45, 2.75) is 46.5 Å². The summed E-state index contributed by atoms with van der Waals surface area (Å²) in [6, 6.07) is 20.4. The van der Waals surface area contributed by atoms with E-state index in [1.807, 2.05) is 24.3 Å². The van der Waals surface area contributed by atoms with Gasteiger partial charge < -0.3 is 10.4 Å². The van der Waals surface area contributed by atoms with Crippen molar-refractivity contribution in [3.63, 3.8) is 0 Å². The Bertz CT molecular complexity index is 1280. The average Bonchev–Trinajstić information content (AvgIpc) is 3.35. The number of nitrogens with zero attached hydrogens (tertiary/aromatic N) is 2. The summed E-state index contributed by atoms with van der Waals surface area (Å²) >= 11 is 1.70. The molecule has 0 saturated carbocycles. The zero-order valence-corrected chi connectivity index (χ0v) is 20.6. The molecular formula is C28H29N3O2S. The first kappa shape index (κ1) is 23.6. The maximum absolute atomic E-state index is 11.0. The van der Waals surface area contributed by atoms with E-state index in [0.29, 0.717) is 0 Å². The number of rotatable bonds is 9. The highest BCUT2D eigenvalue weighted by atomic mass is 32.1. The van der Waals surface area contributed by atoms with E-state index in [4.69, 9.17) is 15.1 Å². The Labute approximate surface area is 204 Å². The number of aromatic nitrogens is 2. The van der Waals surface area contributed by atoms with Crippen molar-refractivity contribution in [1.82, 2.24) is 9.97 Å². The molecule has 0 saturated heterocycles. The maximum atomic E-state index is 11.0. The van der Waals surface area contributed by atoms with Crippen molar-refractivity contribution in [3.05, 3.63) is 83.0 Å². The van der Waals surface area contributed by atoms with E-state index in [1.54, 1.807) is 11.3 Å². The first-order chi connectivity index (χ1) is 16.5. The second-order valence-electron chi connectivity index (χ2n) is 8.13. The van der Waals surface area contributed by atoms with Gasteiger partial charge in [-0.15, -0.1) is 11.3 Å². The molecule has 0 aliphatic carbocycles. The topological polar surface area (TPSA) is 75.1 Å². The van der Waals surface area contributed by atoms with Gasteiger partial charge in [-0.1, -0.05) is 57.2 Å². The predicted molar refractivity (Wildman–Crippen MR) is 140 cm³/mol. The molecule has 0 fully saturated rings. The van der Waals surface area contributed by atoms with Crippen LogP contribution in [0.2, 0.25) is 0 Å². The molecule has 0 spiro atoms. The standard InChI is InChI=1S/C28H29N3O2S/c1-4-18-7-11-20(12-8-18)24-15-16-25(34-24)28-30-23(6-3)22(5-2)27(31-28)29-21-13-9-19(10-14-21)17-26(32)33/h7-16H,4-6,17H2,1-3H3,(H,32,33)(H,29,30,31). The summed E-state index contributed by atoms with van der Waals surface area (Å²) in [5.41, 5.74) is 6.32. The molecule has 0 radical (unpaired) electrons. The normalized spacial score (nSPS) is 10.9. The third-order valence-electron chi connectivity index (χ3n) is 5.83. The van der Waals surface area contributed by atoms with E-state index in [9.17, 15) is 4.79 Å². The summed E-state index contributed by atoms with van der Waals surface area (Å²) in [5.74, 6) is 0.691. The lowest BCUT2D eigenvalue weighted by Crippen LogP contribution is -2.07. The highest BCUT2D eigenvalue weighted by Crippen LogP contribution is 2.35. The highest BCUT2D eigenvalue weighted by molar-refractivity contribution is 7.18. The molecule has 0 bridgehead atoms. The van der Waals surface area contributed by atoms with E-state index in [-0.39, 0.29) is 6.42 Å². The summed E-state index contributed by atoms with van der Waals surface area (Å²) < 4.78 is 0. The molecular weight excluding hydrogens is 442 g/mol. The zero-order valence-electron chi connectivity index (χ0n) is 19.8. The third kappa shape index (κ3) is 5.34. The van der Waals surface area contributed by atoms with Gasteiger partial charge in [0.05, 0.1) is 11.3 Å². The van der Waals surface area contributed by atoms with E-state index >= 15 is 0 Å². The third-order valence-corrected chi connectivity index (χ3v) is 6.96. The predicted octanol–water partition coefficient (Wildman–Crippen LogP) is 6.93. The molecule has 2 aromatic heterocycles. The van der Waals surface area contributed by atoms with Crippen molar-refractivity contribution < 1.29 is 9.90 Å². The summed E-state index contributed by atoms with van der Waals surface area (Å²) in [5, 5.41) is 12.4. The van der Waals surface area contributed by atoms with Crippen LogP contribution in [0.25, 0.3) is 21.1 Å². The van der Waals surface area contributed by atoms with Gasteiger partial charge in [-0.25, -0.2) is 9.97 Å².